The maximum absolute atomic E-state index is 12.1. The molecule has 0 bridgehead atoms. The summed E-state index contributed by atoms with van der Waals surface area (Å²) in [5.74, 6) is -0.860. The smallest absolute Gasteiger partial charge is 0.317 e. The van der Waals surface area contributed by atoms with Crippen LogP contribution in [-0.2, 0) is 4.79 Å². The van der Waals surface area contributed by atoms with E-state index in [0.29, 0.717) is 25.4 Å². The molecular formula is C15H17BrN2O3. The minimum atomic E-state index is -0.815. The maximum atomic E-state index is 12.1. The van der Waals surface area contributed by atoms with Gasteiger partial charge in [0.25, 0.3) is 0 Å². The molecule has 1 saturated carbocycles. The molecule has 5 nitrogen and oxygen atoms in total. The van der Waals surface area contributed by atoms with Gasteiger partial charge in [0.1, 0.15) is 0 Å². The molecule has 1 aromatic carbocycles. The number of aliphatic carboxylic acids is 1. The van der Waals surface area contributed by atoms with Crippen molar-refractivity contribution in [1.82, 2.24) is 10.2 Å². The number of carboxylic acids is 1. The first-order valence-electron chi connectivity index (χ1n) is 7.08. The Kier molecular flexibility index (Phi) is 3.89. The molecule has 2 aliphatic rings. The predicted molar refractivity (Wildman–Crippen MR) is 81.1 cm³/mol. The molecule has 0 spiro atoms. The summed E-state index contributed by atoms with van der Waals surface area (Å²) in [6.45, 7) is 0.843. The summed E-state index contributed by atoms with van der Waals surface area (Å²) in [5, 5.41) is 12.0. The molecule has 112 valence electrons. The molecule has 6 heteroatoms. The van der Waals surface area contributed by atoms with Crippen LogP contribution in [0.3, 0.4) is 0 Å². The zero-order chi connectivity index (χ0) is 15.0. The first-order valence-corrected chi connectivity index (χ1v) is 7.87. The number of rotatable bonds is 3. The van der Waals surface area contributed by atoms with E-state index in [0.717, 1.165) is 10.9 Å². The Bertz CT molecular complexity index is 561. The number of hydrogen-bond acceptors (Lipinski definition) is 2. The fraction of sp³-hybridized carbons (Fsp3) is 0.467. The summed E-state index contributed by atoms with van der Waals surface area (Å²) >= 11 is 3.41. The van der Waals surface area contributed by atoms with E-state index in [2.05, 4.69) is 33.4 Å². The monoisotopic (exact) mass is 352 g/mol. The van der Waals surface area contributed by atoms with Gasteiger partial charge in [-0.2, -0.15) is 0 Å². The van der Waals surface area contributed by atoms with Gasteiger partial charge in [0, 0.05) is 29.5 Å². The minimum Gasteiger partial charge on any atom is -0.481 e. The zero-order valence-corrected chi connectivity index (χ0v) is 13.0. The lowest BCUT2D eigenvalue weighted by molar-refractivity contribution is -0.141. The summed E-state index contributed by atoms with van der Waals surface area (Å²) in [4.78, 5) is 24.6. The quantitative estimate of drug-likeness (QED) is 0.877. The average molecular weight is 353 g/mol. The van der Waals surface area contributed by atoms with E-state index < -0.39 is 11.9 Å². The number of carbonyl (C=O) groups excluding carboxylic acids is 1. The van der Waals surface area contributed by atoms with E-state index in [-0.39, 0.29) is 12.1 Å². The van der Waals surface area contributed by atoms with Crippen LogP contribution in [0.4, 0.5) is 4.79 Å². The molecule has 1 aromatic rings. The van der Waals surface area contributed by atoms with Crippen molar-refractivity contribution in [3.63, 3.8) is 0 Å². The van der Waals surface area contributed by atoms with Crippen LogP contribution < -0.4 is 5.32 Å². The van der Waals surface area contributed by atoms with Gasteiger partial charge in [-0.05, 0) is 30.5 Å². The van der Waals surface area contributed by atoms with Crippen molar-refractivity contribution in [2.45, 2.75) is 24.8 Å². The number of benzene rings is 1. The Labute approximate surface area is 131 Å². The summed E-state index contributed by atoms with van der Waals surface area (Å²) in [6.07, 6.45) is 1.49. The largest absolute Gasteiger partial charge is 0.481 e. The van der Waals surface area contributed by atoms with E-state index >= 15 is 0 Å². The fourth-order valence-electron chi connectivity index (χ4n) is 2.83. The van der Waals surface area contributed by atoms with Crippen LogP contribution >= 0.6 is 15.9 Å². The number of halogens is 1. The molecule has 1 unspecified atom stereocenters. The number of nitrogens with one attached hydrogen (secondary N) is 1. The molecule has 1 heterocycles. The highest BCUT2D eigenvalue weighted by Gasteiger charge is 2.41. The van der Waals surface area contributed by atoms with Crippen molar-refractivity contribution < 1.29 is 14.7 Å². The van der Waals surface area contributed by atoms with Crippen LogP contribution in [0.25, 0.3) is 0 Å². The topological polar surface area (TPSA) is 69.6 Å². The molecule has 1 saturated heterocycles. The van der Waals surface area contributed by atoms with Gasteiger partial charge in [0.2, 0.25) is 0 Å². The third-order valence-electron chi connectivity index (χ3n) is 4.22. The number of carboxylic acid groups (broad SMARTS) is 1. The van der Waals surface area contributed by atoms with Crippen LogP contribution in [0.2, 0.25) is 0 Å². The number of likely N-dealkylation sites (tertiary alicyclic amines) is 1. The molecule has 2 fully saturated rings. The third-order valence-corrected chi connectivity index (χ3v) is 4.75. The third kappa shape index (κ3) is 3.20. The van der Waals surface area contributed by atoms with Crippen molar-refractivity contribution in [3.05, 3.63) is 34.3 Å². The molecule has 0 aromatic heterocycles. The highest BCUT2D eigenvalue weighted by molar-refractivity contribution is 9.10. The van der Waals surface area contributed by atoms with Crippen molar-refractivity contribution in [3.8, 4) is 0 Å². The van der Waals surface area contributed by atoms with Gasteiger partial charge >= 0.3 is 12.0 Å². The molecule has 1 aliphatic carbocycles. The van der Waals surface area contributed by atoms with Gasteiger partial charge in [-0.3, -0.25) is 4.79 Å². The highest BCUT2D eigenvalue weighted by Crippen LogP contribution is 2.41. The summed E-state index contributed by atoms with van der Waals surface area (Å²) < 4.78 is 1.05. The number of amides is 2. The van der Waals surface area contributed by atoms with E-state index in [4.69, 9.17) is 5.11 Å². The van der Waals surface area contributed by atoms with E-state index in [1.807, 2.05) is 12.1 Å². The molecule has 2 N–H and O–H groups in total. The second-order valence-electron chi connectivity index (χ2n) is 5.72. The van der Waals surface area contributed by atoms with Crippen LogP contribution in [-0.4, -0.2) is 41.1 Å². The van der Waals surface area contributed by atoms with Crippen LogP contribution in [0.15, 0.2) is 28.7 Å². The normalized spacial score (nSPS) is 27.5. The molecule has 2 amide bonds. The number of carbonyl (C=O) groups is 2. The lowest BCUT2D eigenvalue weighted by Gasteiger charge is -2.16. The summed E-state index contributed by atoms with van der Waals surface area (Å²) in [6, 6.07) is 8.18. The van der Waals surface area contributed by atoms with Crippen molar-refractivity contribution in [2.75, 3.05) is 13.1 Å². The Morgan fingerprint density at radius 1 is 1.29 bits per heavy atom. The highest BCUT2D eigenvalue weighted by atomic mass is 79.9. The van der Waals surface area contributed by atoms with Gasteiger partial charge in [0.05, 0.1) is 5.92 Å². The summed E-state index contributed by atoms with van der Waals surface area (Å²) in [5.41, 5.74) is 1.23. The number of urea groups is 1. The lowest BCUT2D eigenvalue weighted by atomic mass is 10.1. The number of hydrogen-bond donors (Lipinski definition) is 2. The van der Waals surface area contributed by atoms with Gasteiger partial charge in [0.15, 0.2) is 0 Å². The van der Waals surface area contributed by atoms with Crippen molar-refractivity contribution in [1.29, 1.82) is 0 Å². The zero-order valence-electron chi connectivity index (χ0n) is 11.5. The van der Waals surface area contributed by atoms with Gasteiger partial charge in [-0.1, -0.05) is 28.1 Å². The molecule has 3 atom stereocenters. The molecule has 1 aliphatic heterocycles. The molecular weight excluding hydrogens is 336 g/mol. The van der Waals surface area contributed by atoms with Crippen molar-refractivity contribution in [2.24, 2.45) is 5.92 Å². The standard InChI is InChI=1S/C15H17BrN2O3/c16-11-3-1-9(2-4-11)12-7-13(12)17-15(21)18-6-5-10(8-18)14(19)20/h1-4,10,12-13H,5-8H2,(H,17,21)(H,19,20)/t10?,12-,13+/m0/s1. The Morgan fingerprint density at radius 2 is 2.00 bits per heavy atom. The Balaban J connectivity index is 1.51. The lowest BCUT2D eigenvalue weighted by Crippen LogP contribution is -2.40. The van der Waals surface area contributed by atoms with E-state index in [9.17, 15) is 9.59 Å². The second-order valence-corrected chi connectivity index (χ2v) is 6.64. The van der Waals surface area contributed by atoms with E-state index in [1.165, 1.54) is 5.56 Å². The fourth-order valence-corrected chi connectivity index (χ4v) is 3.09. The van der Waals surface area contributed by atoms with Gasteiger partial charge in [-0.15, -0.1) is 0 Å². The van der Waals surface area contributed by atoms with Crippen LogP contribution in [0, 0.1) is 5.92 Å². The van der Waals surface area contributed by atoms with Crippen molar-refractivity contribution >= 4 is 27.9 Å². The Hall–Kier alpha value is -1.56. The van der Waals surface area contributed by atoms with Gasteiger partial charge in [-0.25, -0.2) is 4.79 Å². The first kappa shape index (κ1) is 14.4. The molecule has 21 heavy (non-hydrogen) atoms. The van der Waals surface area contributed by atoms with Crippen LogP contribution in [0.5, 0.6) is 0 Å². The maximum Gasteiger partial charge on any atom is 0.317 e. The SMILES string of the molecule is O=C(O)C1CCN(C(=O)N[C@@H]2C[C@H]2c2ccc(Br)cc2)C1. The number of nitrogens with zero attached hydrogens (tertiary/aromatic N) is 1. The molecule has 3 rings (SSSR count). The summed E-state index contributed by atoms with van der Waals surface area (Å²) in [7, 11) is 0. The van der Waals surface area contributed by atoms with E-state index in [1.54, 1.807) is 4.90 Å². The second kappa shape index (κ2) is 5.67. The average Bonchev–Trinajstić information content (AvgIpc) is 3.03. The van der Waals surface area contributed by atoms with Gasteiger partial charge < -0.3 is 15.3 Å². The predicted octanol–water partition coefficient (Wildman–Crippen LogP) is 2.42. The first-order chi connectivity index (χ1) is 10.0. The van der Waals surface area contributed by atoms with Crippen LogP contribution in [0.1, 0.15) is 24.3 Å². The molecule has 0 radical (unpaired) electrons. The Morgan fingerprint density at radius 3 is 2.62 bits per heavy atom. The minimum absolute atomic E-state index is 0.136.